The van der Waals surface area contributed by atoms with Gasteiger partial charge in [-0.2, -0.15) is 0 Å². The number of hydrogen-bond donors (Lipinski definition) is 1. The largest absolute Gasteiger partial charge is 0.497 e. The van der Waals surface area contributed by atoms with Crippen LogP contribution in [0.3, 0.4) is 0 Å². The van der Waals surface area contributed by atoms with E-state index in [1.54, 1.807) is 38.5 Å². The van der Waals surface area contributed by atoms with Crippen LogP contribution in [0.4, 0.5) is 0 Å². The van der Waals surface area contributed by atoms with Crippen LogP contribution in [0.5, 0.6) is 23.0 Å². The van der Waals surface area contributed by atoms with Gasteiger partial charge in [0.2, 0.25) is 0 Å². The molecule has 5 aromatic rings. The maximum Gasteiger partial charge on any atom is 0.258 e. The molecule has 0 aliphatic carbocycles. The fraction of sp³-hybridized carbons (Fsp3) is 0.179. The summed E-state index contributed by atoms with van der Waals surface area (Å²) in [5, 5.41) is 2.32. The quantitative estimate of drug-likeness (QED) is 0.220. The normalized spacial score (nSPS) is 17.0. The first-order valence-corrected chi connectivity index (χ1v) is 15.0. The molecule has 0 saturated carbocycles. The molecule has 0 radical (unpaired) electrons. The van der Waals surface area contributed by atoms with E-state index < -0.39 is 18.9 Å². The van der Waals surface area contributed by atoms with E-state index in [2.05, 4.69) is 5.32 Å². The second-order valence-corrected chi connectivity index (χ2v) is 10.6. The monoisotopic (exact) mass is 632 g/mol. The average molecular weight is 633 g/mol. The number of nitrogens with zero attached hydrogens (tertiary/aromatic N) is 1. The molecule has 8 nitrogen and oxygen atoms in total. The Labute approximate surface area is 280 Å². The van der Waals surface area contributed by atoms with Crippen molar-refractivity contribution in [1.82, 2.24) is 10.2 Å². The Bertz CT molecular complexity index is 2020. The Hall–Kier alpha value is -5.76. The Kier molecular flexibility index (Phi) is 8.19. The molecule has 0 spiro atoms. The molecule has 7 rings (SSSR count). The molecule has 0 fully saturated rings. The van der Waals surface area contributed by atoms with Gasteiger partial charge >= 0.3 is 0 Å². The van der Waals surface area contributed by atoms with Crippen molar-refractivity contribution in [2.24, 2.45) is 0 Å². The zero-order valence-corrected chi connectivity index (χ0v) is 26.0. The van der Waals surface area contributed by atoms with E-state index in [0.29, 0.717) is 22.6 Å². The van der Waals surface area contributed by atoms with Gasteiger partial charge < -0.3 is 29.2 Å². The van der Waals surface area contributed by atoms with Gasteiger partial charge in [-0.3, -0.25) is 9.59 Å². The van der Waals surface area contributed by atoms with Crippen molar-refractivity contribution < 1.29 is 34.0 Å². The highest BCUT2D eigenvalue weighted by molar-refractivity contribution is 5.99. The molecule has 0 atom stereocenters. The minimum absolute atomic E-state index is 0.169. The zero-order valence-electron chi connectivity index (χ0n) is 30.0. The summed E-state index contributed by atoms with van der Waals surface area (Å²) in [6, 6.07) is 35.0. The molecule has 0 saturated heterocycles. The number of fused-ring (bicyclic) bond motifs is 2. The molecule has 8 heteroatoms. The van der Waals surface area contributed by atoms with E-state index in [0.717, 1.165) is 39.3 Å². The van der Waals surface area contributed by atoms with Crippen LogP contribution in [0.15, 0.2) is 115 Å². The Morgan fingerprint density at radius 1 is 0.681 bits per heavy atom. The summed E-state index contributed by atoms with van der Waals surface area (Å²) in [4.78, 5) is 26.7. The van der Waals surface area contributed by atoms with Gasteiger partial charge in [-0.15, -0.1) is 0 Å². The molecule has 1 N–H and O–H groups in total. The summed E-state index contributed by atoms with van der Waals surface area (Å²) in [5.74, 6) is 1.43. The summed E-state index contributed by atoms with van der Waals surface area (Å²) in [7, 11) is 3.22. The Morgan fingerprint density at radius 3 is 1.81 bits per heavy atom. The second-order valence-electron chi connectivity index (χ2n) is 10.6. The molecular weight excluding hydrogens is 592 g/mol. The van der Waals surface area contributed by atoms with E-state index in [1.165, 1.54) is 4.90 Å². The summed E-state index contributed by atoms with van der Waals surface area (Å²) in [6.07, 6.45) is 0. The van der Waals surface area contributed by atoms with Crippen molar-refractivity contribution >= 4 is 11.8 Å². The first kappa shape index (κ1) is 26.5. The molecule has 0 unspecified atom stereocenters. The lowest BCUT2D eigenvalue weighted by atomic mass is 10.0. The van der Waals surface area contributed by atoms with Gasteiger partial charge in [0.15, 0.2) is 0 Å². The van der Waals surface area contributed by atoms with Gasteiger partial charge in [-0.1, -0.05) is 66.7 Å². The van der Waals surface area contributed by atoms with Crippen molar-refractivity contribution in [2.75, 3.05) is 40.4 Å². The summed E-state index contributed by atoms with van der Waals surface area (Å²) >= 11 is 0. The van der Waals surface area contributed by atoms with Crippen LogP contribution in [0.1, 0.15) is 31.8 Å². The third-order valence-corrected chi connectivity index (χ3v) is 7.69. The fourth-order valence-electron chi connectivity index (χ4n) is 5.18. The third kappa shape index (κ3) is 7.39. The molecule has 238 valence electrons. The van der Waals surface area contributed by atoms with Gasteiger partial charge in [-0.25, -0.2) is 0 Å². The summed E-state index contributed by atoms with van der Waals surface area (Å²) < 4.78 is 53.4. The van der Waals surface area contributed by atoms with Gasteiger partial charge in [0, 0.05) is 6.54 Å². The van der Waals surface area contributed by atoms with Gasteiger partial charge in [0.1, 0.15) is 36.2 Å². The van der Waals surface area contributed by atoms with Crippen molar-refractivity contribution in [3.63, 3.8) is 0 Å². The first-order chi connectivity index (χ1) is 24.5. The predicted molar refractivity (Wildman–Crippen MR) is 181 cm³/mol. The SMILES string of the molecule is [2H]C1([2H])COc2ccc(-c3ccc(OC)cc3)cc2C(=O)N1.[2H]C1([2H])COc2ccc(-c3ccc(OC)cc3)cc2C(=O)N1Cc1ccccc1. The smallest absolute Gasteiger partial charge is 0.258 e. The fourth-order valence-corrected chi connectivity index (χ4v) is 5.18. The number of benzene rings is 5. The standard InChI is InChI=1S/C23H21NO3.C16H15NO3/c1-26-20-10-7-18(8-11-20)19-9-12-22-21(15-19)23(25)24(13-14-27-22)16-17-5-3-2-4-6-17;1-19-13-5-2-11(3-6-13)12-4-7-15-14(10-12)16(18)17-8-9-20-15/h2-12,15H,13-14,16H2,1H3;2-7,10H,8-9H2,1H3,(H,17,18)/i13D2;8D2. The maximum atomic E-state index is 13.3. The van der Waals surface area contributed by atoms with Crippen molar-refractivity contribution in [1.29, 1.82) is 0 Å². The van der Waals surface area contributed by atoms with Crippen LogP contribution < -0.4 is 24.3 Å². The van der Waals surface area contributed by atoms with E-state index in [-0.39, 0.29) is 25.7 Å². The molecule has 47 heavy (non-hydrogen) atoms. The number of hydrogen-bond acceptors (Lipinski definition) is 6. The van der Waals surface area contributed by atoms with Crippen molar-refractivity contribution in [2.45, 2.75) is 6.54 Å². The van der Waals surface area contributed by atoms with Crippen LogP contribution >= 0.6 is 0 Å². The van der Waals surface area contributed by atoms with Gasteiger partial charge in [0.25, 0.3) is 11.8 Å². The van der Waals surface area contributed by atoms with Crippen molar-refractivity contribution in [3.8, 4) is 45.3 Å². The first-order valence-electron chi connectivity index (χ1n) is 17.0. The topological polar surface area (TPSA) is 86.3 Å². The van der Waals surface area contributed by atoms with Crippen LogP contribution in [0, 0.1) is 0 Å². The van der Waals surface area contributed by atoms with E-state index in [1.807, 2.05) is 91.0 Å². The summed E-state index contributed by atoms with van der Waals surface area (Å²) in [5.41, 5.74) is 5.12. The number of amides is 2. The molecule has 2 aliphatic heterocycles. The van der Waals surface area contributed by atoms with Crippen LogP contribution in [-0.2, 0) is 6.54 Å². The molecule has 2 aliphatic rings. The Morgan fingerprint density at radius 2 is 1.21 bits per heavy atom. The highest BCUT2D eigenvalue weighted by Crippen LogP contribution is 2.31. The van der Waals surface area contributed by atoms with Crippen LogP contribution in [0.25, 0.3) is 22.3 Å². The van der Waals surface area contributed by atoms with Crippen LogP contribution in [0.2, 0.25) is 0 Å². The number of rotatable bonds is 6. The molecule has 0 bridgehead atoms. The lowest BCUT2D eigenvalue weighted by Gasteiger charge is -2.20. The third-order valence-electron chi connectivity index (χ3n) is 7.69. The van der Waals surface area contributed by atoms with Crippen LogP contribution in [-0.4, -0.2) is 57.1 Å². The van der Waals surface area contributed by atoms with E-state index in [4.69, 9.17) is 24.4 Å². The average Bonchev–Trinajstić information content (AvgIpc) is 3.32. The summed E-state index contributed by atoms with van der Waals surface area (Å²) in [6.45, 7) is -4.07. The van der Waals surface area contributed by atoms with Crippen molar-refractivity contribution in [3.05, 3.63) is 132 Å². The zero-order chi connectivity index (χ0) is 36.2. The number of carbonyl (C=O) groups is 2. The number of nitrogens with one attached hydrogen (secondary N) is 1. The lowest BCUT2D eigenvalue weighted by molar-refractivity contribution is 0.0742. The molecular formula is C39H36N2O6. The molecule has 2 amide bonds. The number of carbonyl (C=O) groups excluding carboxylic acids is 2. The highest BCUT2D eigenvalue weighted by atomic mass is 16.5. The number of ether oxygens (including phenoxy) is 4. The van der Waals surface area contributed by atoms with E-state index >= 15 is 0 Å². The molecule has 2 heterocycles. The second kappa shape index (κ2) is 14.6. The minimum atomic E-state index is -1.92. The molecule has 5 aromatic carbocycles. The highest BCUT2D eigenvalue weighted by Gasteiger charge is 2.24. The lowest BCUT2D eigenvalue weighted by Crippen LogP contribution is -2.31. The van der Waals surface area contributed by atoms with E-state index in [9.17, 15) is 9.59 Å². The predicted octanol–water partition coefficient (Wildman–Crippen LogP) is 6.88. The molecule has 0 aromatic heterocycles. The maximum absolute atomic E-state index is 13.3. The Balaban J connectivity index is 0.000000183. The minimum Gasteiger partial charge on any atom is -0.497 e. The number of methoxy groups -OCH3 is 2. The van der Waals surface area contributed by atoms with Gasteiger partial charge in [0.05, 0.1) is 43.8 Å². The van der Waals surface area contributed by atoms with Gasteiger partial charge in [-0.05, 0) is 76.3 Å².